The highest BCUT2D eigenvalue weighted by atomic mass is 16.5. The molecular formula is C18H27N3O3. The van der Waals surface area contributed by atoms with Crippen LogP contribution >= 0.6 is 0 Å². The number of hydrogen-bond donors (Lipinski definition) is 2. The molecule has 1 aromatic carbocycles. The lowest BCUT2D eigenvalue weighted by atomic mass is 10.0. The monoisotopic (exact) mass is 333 g/mol. The first-order valence-electron chi connectivity index (χ1n) is 8.66. The van der Waals surface area contributed by atoms with Crippen molar-refractivity contribution in [1.29, 1.82) is 0 Å². The van der Waals surface area contributed by atoms with E-state index in [0.29, 0.717) is 31.7 Å². The van der Waals surface area contributed by atoms with E-state index < -0.39 is 0 Å². The Bertz CT molecular complexity index is 545. The van der Waals surface area contributed by atoms with Crippen LogP contribution in [0.1, 0.15) is 43.0 Å². The van der Waals surface area contributed by atoms with Crippen LogP contribution in [0.15, 0.2) is 24.3 Å². The number of rotatable bonds is 7. The van der Waals surface area contributed by atoms with Crippen molar-refractivity contribution >= 4 is 11.8 Å². The number of benzene rings is 1. The lowest BCUT2D eigenvalue weighted by Crippen LogP contribution is -2.49. The first-order valence-corrected chi connectivity index (χ1v) is 8.66. The molecule has 24 heavy (non-hydrogen) atoms. The molecule has 1 aromatic rings. The summed E-state index contributed by atoms with van der Waals surface area (Å²) < 4.78 is 5.41. The van der Waals surface area contributed by atoms with Crippen molar-refractivity contribution in [3.8, 4) is 5.75 Å². The van der Waals surface area contributed by atoms with Gasteiger partial charge in [0, 0.05) is 37.7 Å². The summed E-state index contributed by atoms with van der Waals surface area (Å²) in [7, 11) is 0. The number of nitrogens with one attached hydrogen (secondary N) is 1. The first kappa shape index (κ1) is 18.3. The molecule has 2 amide bonds. The fraction of sp³-hybridized carbons (Fsp3) is 0.556. The standard InChI is InChI=1S/C18H27N3O3/c1-2-24-16-8-6-14(7-9-16)18(23)21-12-4-3-5-15(21)13-20-17(22)10-11-19/h6-9,15H,2-5,10-13,19H2,1H3,(H,20,22). The largest absolute Gasteiger partial charge is 0.494 e. The lowest BCUT2D eigenvalue weighted by molar-refractivity contribution is -0.121. The van der Waals surface area contributed by atoms with Gasteiger partial charge in [0.15, 0.2) is 0 Å². The predicted octanol–water partition coefficient (Wildman–Crippen LogP) is 1.54. The number of piperidine rings is 1. The molecule has 1 heterocycles. The van der Waals surface area contributed by atoms with E-state index in [1.807, 2.05) is 24.0 Å². The van der Waals surface area contributed by atoms with E-state index in [1.54, 1.807) is 12.1 Å². The van der Waals surface area contributed by atoms with Crippen LogP contribution in [0.5, 0.6) is 5.75 Å². The van der Waals surface area contributed by atoms with Gasteiger partial charge in [0.25, 0.3) is 5.91 Å². The molecule has 6 heteroatoms. The van der Waals surface area contributed by atoms with Crippen molar-refractivity contribution < 1.29 is 14.3 Å². The molecule has 1 aliphatic rings. The molecule has 132 valence electrons. The van der Waals surface area contributed by atoms with Gasteiger partial charge >= 0.3 is 0 Å². The van der Waals surface area contributed by atoms with Crippen molar-refractivity contribution in [3.05, 3.63) is 29.8 Å². The van der Waals surface area contributed by atoms with Crippen LogP contribution in [0.2, 0.25) is 0 Å². The maximum atomic E-state index is 12.8. The number of ether oxygens (including phenoxy) is 1. The summed E-state index contributed by atoms with van der Waals surface area (Å²) in [6.45, 7) is 4.08. The second-order valence-electron chi connectivity index (χ2n) is 5.95. The van der Waals surface area contributed by atoms with Gasteiger partial charge in [-0.15, -0.1) is 0 Å². The molecule has 0 spiro atoms. The van der Waals surface area contributed by atoms with Gasteiger partial charge in [-0.2, -0.15) is 0 Å². The molecule has 0 radical (unpaired) electrons. The van der Waals surface area contributed by atoms with E-state index in [4.69, 9.17) is 10.5 Å². The molecule has 0 bridgehead atoms. The van der Waals surface area contributed by atoms with Crippen molar-refractivity contribution in [2.75, 3.05) is 26.2 Å². The third-order valence-electron chi connectivity index (χ3n) is 4.21. The fourth-order valence-corrected chi connectivity index (χ4v) is 2.96. The van der Waals surface area contributed by atoms with Gasteiger partial charge in [0.1, 0.15) is 5.75 Å². The SMILES string of the molecule is CCOc1ccc(C(=O)N2CCCCC2CNC(=O)CCN)cc1. The minimum Gasteiger partial charge on any atom is -0.494 e. The zero-order chi connectivity index (χ0) is 17.4. The number of carbonyl (C=O) groups is 2. The molecular weight excluding hydrogens is 306 g/mol. The van der Waals surface area contributed by atoms with Gasteiger partial charge in [-0.25, -0.2) is 0 Å². The van der Waals surface area contributed by atoms with E-state index in [2.05, 4.69) is 5.32 Å². The van der Waals surface area contributed by atoms with Crippen molar-refractivity contribution in [1.82, 2.24) is 10.2 Å². The van der Waals surface area contributed by atoms with Gasteiger partial charge in [-0.05, 0) is 50.5 Å². The lowest BCUT2D eigenvalue weighted by Gasteiger charge is -2.36. The predicted molar refractivity (Wildman–Crippen MR) is 93.0 cm³/mol. The van der Waals surface area contributed by atoms with E-state index in [9.17, 15) is 9.59 Å². The first-order chi connectivity index (χ1) is 11.7. The van der Waals surface area contributed by atoms with Crippen molar-refractivity contribution in [3.63, 3.8) is 0 Å². The maximum absolute atomic E-state index is 12.8. The average Bonchev–Trinajstić information content (AvgIpc) is 2.61. The van der Waals surface area contributed by atoms with E-state index >= 15 is 0 Å². The molecule has 0 aliphatic carbocycles. The highest BCUT2D eigenvalue weighted by molar-refractivity contribution is 5.94. The Labute approximate surface area is 143 Å². The van der Waals surface area contributed by atoms with E-state index in [1.165, 1.54) is 0 Å². The van der Waals surface area contributed by atoms with Gasteiger partial charge < -0.3 is 20.7 Å². The molecule has 0 aromatic heterocycles. The number of amides is 2. The van der Waals surface area contributed by atoms with Crippen LogP contribution in [0.4, 0.5) is 0 Å². The van der Waals surface area contributed by atoms with Gasteiger partial charge in [-0.1, -0.05) is 0 Å². The molecule has 1 fully saturated rings. The summed E-state index contributed by atoms with van der Waals surface area (Å²) in [6.07, 6.45) is 3.30. The zero-order valence-electron chi connectivity index (χ0n) is 14.3. The normalized spacial score (nSPS) is 17.4. The second-order valence-corrected chi connectivity index (χ2v) is 5.95. The van der Waals surface area contributed by atoms with Crippen LogP contribution < -0.4 is 15.8 Å². The summed E-state index contributed by atoms with van der Waals surface area (Å²) >= 11 is 0. The quantitative estimate of drug-likeness (QED) is 0.793. The van der Waals surface area contributed by atoms with Crippen LogP contribution in [-0.4, -0.2) is 49.0 Å². The minimum atomic E-state index is -0.0588. The number of hydrogen-bond acceptors (Lipinski definition) is 4. The van der Waals surface area contributed by atoms with Gasteiger partial charge in [0.05, 0.1) is 6.61 Å². The Morgan fingerprint density at radius 3 is 2.71 bits per heavy atom. The second kappa shape index (κ2) is 9.27. The smallest absolute Gasteiger partial charge is 0.254 e. The zero-order valence-corrected chi connectivity index (χ0v) is 14.3. The van der Waals surface area contributed by atoms with Crippen LogP contribution in [0.3, 0.4) is 0 Å². The summed E-state index contributed by atoms with van der Waals surface area (Å²) in [5, 5.41) is 2.88. The Morgan fingerprint density at radius 2 is 2.04 bits per heavy atom. The van der Waals surface area contributed by atoms with Crippen molar-refractivity contribution in [2.24, 2.45) is 5.73 Å². The summed E-state index contributed by atoms with van der Waals surface area (Å²) in [4.78, 5) is 26.3. The molecule has 0 saturated carbocycles. The van der Waals surface area contributed by atoms with Crippen LogP contribution in [-0.2, 0) is 4.79 Å². The Morgan fingerprint density at radius 1 is 1.29 bits per heavy atom. The highest BCUT2D eigenvalue weighted by Gasteiger charge is 2.27. The summed E-state index contributed by atoms with van der Waals surface area (Å²) in [6, 6.07) is 7.27. The highest BCUT2D eigenvalue weighted by Crippen LogP contribution is 2.21. The molecule has 1 unspecified atom stereocenters. The molecule has 6 nitrogen and oxygen atoms in total. The van der Waals surface area contributed by atoms with E-state index in [0.717, 1.165) is 31.6 Å². The average molecular weight is 333 g/mol. The summed E-state index contributed by atoms with van der Waals surface area (Å²) in [5.41, 5.74) is 6.04. The Balaban J connectivity index is 2.00. The van der Waals surface area contributed by atoms with Crippen LogP contribution in [0.25, 0.3) is 0 Å². The summed E-state index contributed by atoms with van der Waals surface area (Å²) in [5.74, 6) is 0.714. The van der Waals surface area contributed by atoms with Crippen LogP contribution in [0, 0.1) is 0 Å². The molecule has 1 aliphatic heterocycles. The van der Waals surface area contributed by atoms with E-state index in [-0.39, 0.29) is 17.9 Å². The Hall–Kier alpha value is -2.08. The topological polar surface area (TPSA) is 84.7 Å². The fourth-order valence-electron chi connectivity index (χ4n) is 2.96. The van der Waals surface area contributed by atoms with Crippen molar-refractivity contribution in [2.45, 2.75) is 38.6 Å². The molecule has 1 atom stereocenters. The Kier molecular flexibility index (Phi) is 7.06. The molecule has 1 saturated heterocycles. The molecule has 3 N–H and O–H groups in total. The number of nitrogens with zero attached hydrogens (tertiary/aromatic N) is 1. The maximum Gasteiger partial charge on any atom is 0.254 e. The third-order valence-corrected chi connectivity index (χ3v) is 4.21. The number of nitrogens with two attached hydrogens (primary N) is 1. The van der Waals surface area contributed by atoms with Gasteiger partial charge in [0.2, 0.25) is 5.91 Å². The number of carbonyl (C=O) groups excluding carboxylic acids is 2. The third kappa shape index (κ3) is 4.96. The van der Waals surface area contributed by atoms with Gasteiger partial charge in [-0.3, -0.25) is 9.59 Å². The molecule has 2 rings (SSSR count). The number of likely N-dealkylation sites (tertiary alicyclic amines) is 1. The minimum absolute atomic E-state index is 0.0100.